The maximum atomic E-state index is 14.1. The Bertz CT molecular complexity index is 1140. The smallest absolute Gasteiger partial charge is 0.318 e. The summed E-state index contributed by atoms with van der Waals surface area (Å²) in [5.41, 5.74) is 5.04. The summed E-state index contributed by atoms with van der Waals surface area (Å²) >= 11 is 11.7. The van der Waals surface area contributed by atoms with Gasteiger partial charge in [0.2, 0.25) is 0 Å². The van der Waals surface area contributed by atoms with Gasteiger partial charge in [-0.05, 0) is 50.2 Å². The molecule has 0 bridgehead atoms. The van der Waals surface area contributed by atoms with E-state index in [1.807, 2.05) is 6.92 Å². The number of nitrogens with zero attached hydrogens (tertiary/aromatic N) is 2. The molecule has 30 heavy (non-hydrogen) atoms. The van der Waals surface area contributed by atoms with Crippen molar-refractivity contribution < 1.29 is 14.0 Å². The van der Waals surface area contributed by atoms with Crippen molar-refractivity contribution in [2.75, 3.05) is 5.32 Å². The molecule has 0 unspecified atom stereocenters. The van der Waals surface area contributed by atoms with Crippen LogP contribution in [0.3, 0.4) is 0 Å². The van der Waals surface area contributed by atoms with Crippen LogP contribution in [0.15, 0.2) is 53.6 Å². The Morgan fingerprint density at radius 3 is 2.37 bits per heavy atom. The van der Waals surface area contributed by atoms with E-state index in [-0.39, 0.29) is 11.5 Å². The van der Waals surface area contributed by atoms with Crippen LogP contribution in [0.25, 0.3) is 5.69 Å². The van der Waals surface area contributed by atoms with Gasteiger partial charge in [0.05, 0.1) is 11.9 Å². The van der Waals surface area contributed by atoms with E-state index in [0.717, 1.165) is 11.4 Å². The number of hydrazone groups is 1. The molecule has 0 spiro atoms. The molecule has 0 saturated carbocycles. The van der Waals surface area contributed by atoms with Crippen LogP contribution in [0.2, 0.25) is 10.0 Å². The van der Waals surface area contributed by atoms with Crippen LogP contribution in [0, 0.1) is 19.7 Å². The first-order valence-corrected chi connectivity index (χ1v) is 9.56. The van der Waals surface area contributed by atoms with Crippen LogP contribution in [-0.4, -0.2) is 22.6 Å². The van der Waals surface area contributed by atoms with Crippen molar-refractivity contribution in [1.29, 1.82) is 0 Å². The molecule has 3 aromatic rings. The summed E-state index contributed by atoms with van der Waals surface area (Å²) in [5, 5.41) is 6.85. The highest BCUT2D eigenvalue weighted by atomic mass is 35.5. The van der Waals surface area contributed by atoms with E-state index in [1.54, 1.807) is 35.8 Å². The van der Waals surface area contributed by atoms with Crippen molar-refractivity contribution in [1.82, 2.24) is 9.99 Å². The van der Waals surface area contributed by atoms with E-state index < -0.39 is 11.8 Å². The monoisotopic (exact) mass is 446 g/mol. The van der Waals surface area contributed by atoms with Crippen LogP contribution >= 0.6 is 23.2 Å². The Balaban J connectivity index is 1.69. The van der Waals surface area contributed by atoms with Crippen LogP contribution < -0.4 is 10.7 Å². The number of nitrogens with one attached hydrogen (secondary N) is 2. The van der Waals surface area contributed by atoms with Gasteiger partial charge in [0.25, 0.3) is 0 Å². The van der Waals surface area contributed by atoms with Crippen molar-refractivity contribution in [2.45, 2.75) is 13.8 Å². The number of carbonyl (C=O) groups excluding carboxylic acids is 2. The maximum Gasteiger partial charge on any atom is 0.329 e. The fourth-order valence-corrected chi connectivity index (χ4v) is 3.47. The number of hydrogen-bond donors (Lipinski definition) is 2. The van der Waals surface area contributed by atoms with E-state index >= 15 is 0 Å². The molecular weight excluding hydrogens is 430 g/mol. The van der Waals surface area contributed by atoms with Crippen LogP contribution in [-0.2, 0) is 9.59 Å². The van der Waals surface area contributed by atoms with Crippen LogP contribution in [0.5, 0.6) is 0 Å². The van der Waals surface area contributed by atoms with Crippen molar-refractivity contribution in [2.24, 2.45) is 5.10 Å². The lowest BCUT2D eigenvalue weighted by Gasteiger charge is -2.10. The third-order valence-corrected chi connectivity index (χ3v) is 4.70. The third kappa shape index (κ3) is 4.87. The highest BCUT2D eigenvalue weighted by Gasteiger charge is 2.15. The molecule has 9 heteroatoms. The quantitative estimate of drug-likeness (QED) is 0.348. The number of aromatic nitrogens is 1. The zero-order valence-corrected chi connectivity index (χ0v) is 17.6. The van der Waals surface area contributed by atoms with Crippen LogP contribution in [0.4, 0.5) is 10.1 Å². The number of halogens is 3. The number of anilines is 1. The van der Waals surface area contributed by atoms with Crippen molar-refractivity contribution in [3.63, 3.8) is 0 Å². The predicted molar refractivity (Wildman–Crippen MR) is 116 cm³/mol. The molecule has 0 atom stereocenters. The van der Waals surface area contributed by atoms with E-state index in [1.165, 1.54) is 30.5 Å². The minimum Gasteiger partial charge on any atom is -0.318 e. The van der Waals surface area contributed by atoms with Gasteiger partial charge in [0.15, 0.2) is 0 Å². The zero-order chi connectivity index (χ0) is 21.8. The Labute approximate surface area is 182 Å². The van der Waals surface area contributed by atoms with Gasteiger partial charge in [-0.15, -0.1) is 0 Å². The van der Waals surface area contributed by atoms with Crippen molar-refractivity contribution in [3.05, 3.63) is 81.3 Å². The van der Waals surface area contributed by atoms with E-state index in [0.29, 0.717) is 21.3 Å². The molecule has 1 heterocycles. The van der Waals surface area contributed by atoms with Crippen molar-refractivity contribution >= 4 is 46.9 Å². The number of aryl methyl sites for hydroxylation is 1. The summed E-state index contributed by atoms with van der Waals surface area (Å²) in [7, 11) is 0. The van der Waals surface area contributed by atoms with E-state index in [4.69, 9.17) is 23.2 Å². The average molecular weight is 447 g/mol. The topological polar surface area (TPSA) is 75.5 Å². The molecule has 154 valence electrons. The summed E-state index contributed by atoms with van der Waals surface area (Å²) in [6.45, 7) is 3.64. The zero-order valence-electron chi connectivity index (χ0n) is 16.0. The third-order valence-electron chi connectivity index (χ3n) is 4.26. The molecule has 2 aromatic carbocycles. The van der Waals surface area contributed by atoms with Crippen LogP contribution in [0.1, 0.15) is 17.0 Å². The molecule has 0 aliphatic rings. The van der Waals surface area contributed by atoms with Gasteiger partial charge in [0.1, 0.15) is 5.82 Å². The number of carbonyl (C=O) groups is 2. The molecule has 6 nitrogen and oxygen atoms in total. The molecule has 1 aromatic heterocycles. The van der Waals surface area contributed by atoms with Crippen molar-refractivity contribution in [3.8, 4) is 5.69 Å². The Morgan fingerprint density at radius 1 is 1.03 bits per heavy atom. The van der Waals surface area contributed by atoms with Gasteiger partial charge >= 0.3 is 11.8 Å². The molecule has 0 fully saturated rings. The normalized spacial score (nSPS) is 11.0. The molecule has 2 N–H and O–H groups in total. The highest BCUT2D eigenvalue weighted by molar-refractivity contribution is 6.40. The van der Waals surface area contributed by atoms with Gasteiger partial charge in [-0.3, -0.25) is 9.59 Å². The molecule has 3 rings (SSSR count). The molecule has 0 aliphatic heterocycles. The highest BCUT2D eigenvalue weighted by Crippen LogP contribution is 2.23. The maximum absolute atomic E-state index is 14.1. The van der Waals surface area contributed by atoms with Gasteiger partial charge in [-0.25, -0.2) is 9.82 Å². The Hall–Kier alpha value is -3.16. The van der Waals surface area contributed by atoms with Gasteiger partial charge in [-0.2, -0.15) is 5.10 Å². The number of rotatable bonds is 4. The first-order chi connectivity index (χ1) is 14.3. The molecule has 0 saturated heterocycles. The van der Waals surface area contributed by atoms with E-state index in [2.05, 4.69) is 15.8 Å². The number of amides is 2. The number of hydrogen-bond acceptors (Lipinski definition) is 3. The molecule has 0 aliphatic carbocycles. The second kappa shape index (κ2) is 9.11. The Morgan fingerprint density at radius 2 is 1.70 bits per heavy atom. The second-order valence-corrected chi connectivity index (χ2v) is 7.30. The van der Waals surface area contributed by atoms with E-state index in [9.17, 15) is 14.0 Å². The first-order valence-electron chi connectivity index (χ1n) is 8.80. The molecule has 2 amide bonds. The predicted octanol–water partition coefficient (Wildman–Crippen LogP) is 4.63. The fourth-order valence-electron chi connectivity index (χ4n) is 2.95. The lowest BCUT2D eigenvalue weighted by Crippen LogP contribution is -2.32. The van der Waals surface area contributed by atoms with Gasteiger partial charge in [0, 0.05) is 32.7 Å². The summed E-state index contributed by atoms with van der Waals surface area (Å²) < 4.78 is 15.9. The lowest BCUT2D eigenvalue weighted by atomic mass is 10.2. The lowest BCUT2D eigenvalue weighted by molar-refractivity contribution is -0.136. The summed E-state index contributed by atoms with van der Waals surface area (Å²) in [6, 6.07) is 12.6. The molecular formula is C21H17Cl2FN4O2. The fraction of sp³-hybridized carbons (Fsp3) is 0.0952. The summed E-state index contributed by atoms with van der Waals surface area (Å²) in [5.74, 6) is -2.25. The molecule has 0 radical (unpaired) electrons. The SMILES string of the molecule is Cc1cc(/C=N\NC(=O)C(=O)Nc2cc(Cl)cc(Cl)c2)c(C)n1-c1ccccc1F. The number of benzene rings is 2. The summed E-state index contributed by atoms with van der Waals surface area (Å²) in [4.78, 5) is 24.0. The number of para-hydroxylation sites is 1. The van der Waals surface area contributed by atoms with Gasteiger partial charge in [-0.1, -0.05) is 35.3 Å². The first kappa shape index (κ1) is 21.5. The largest absolute Gasteiger partial charge is 0.329 e. The summed E-state index contributed by atoms with van der Waals surface area (Å²) in [6.07, 6.45) is 1.39. The minimum absolute atomic E-state index is 0.282. The second-order valence-electron chi connectivity index (χ2n) is 6.42. The van der Waals surface area contributed by atoms with Gasteiger partial charge < -0.3 is 9.88 Å². The standard InChI is InChI=1S/C21H17Cl2FN4O2/c1-12-7-14(13(2)28(12)19-6-4-3-5-18(19)24)11-25-27-21(30)20(29)26-17-9-15(22)8-16(23)10-17/h3-11H,1-2H3,(H,26,29)(H,27,30)/b25-11-. The average Bonchev–Trinajstić information content (AvgIpc) is 2.95. The Kier molecular flexibility index (Phi) is 6.54. The minimum atomic E-state index is -0.967.